The normalized spacial score (nSPS) is 20.0. The molecule has 2 atom stereocenters. The lowest BCUT2D eigenvalue weighted by Gasteiger charge is -2.20. The highest BCUT2D eigenvalue weighted by atomic mass is 32.1. The number of nitrogens with one attached hydrogen (secondary N) is 1. The van der Waals surface area contributed by atoms with Crippen molar-refractivity contribution in [2.24, 2.45) is 5.16 Å². The molecule has 0 fully saturated rings. The minimum absolute atomic E-state index is 0.145. The monoisotopic (exact) mass is 396 g/mol. The van der Waals surface area contributed by atoms with E-state index in [1.54, 1.807) is 23.6 Å². The molecule has 0 saturated carbocycles. The second-order valence-electron chi connectivity index (χ2n) is 5.49. The van der Waals surface area contributed by atoms with E-state index < -0.39 is 43.6 Å². The predicted molar refractivity (Wildman–Crippen MR) is 95.2 cm³/mol. The Bertz CT molecular complexity index is 736. The van der Waals surface area contributed by atoms with Gasteiger partial charge in [-0.2, -0.15) is 0 Å². The Labute approximate surface area is 158 Å². The highest BCUT2D eigenvalue weighted by molar-refractivity contribution is 7.13. The number of amides is 1. The van der Waals surface area contributed by atoms with Gasteiger partial charge in [-0.1, -0.05) is 23.4 Å². The van der Waals surface area contributed by atoms with Crippen LogP contribution in [0.25, 0.3) is 0 Å². The van der Waals surface area contributed by atoms with Crippen LogP contribution in [0.3, 0.4) is 0 Å². The maximum absolute atomic E-state index is 12.6. The van der Waals surface area contributed by atoms with Gasteiger partial charge in [0.25, 0.3) is 5.91 Å². The third-order valence-corrected chi connectivity index (χ3v) is 4.28. The average Bonchev–Trinajstić information content (AvgIpc) is 3.05. The molecule has 0 radical (unpaired) electrons. The molecule has 0 spiro atoms. The van der Waals surface area contributed by atoms with Crippen molar-refractivity contribution in [3.8, 4) is 0 Å². The zero-order valence-electron chi connectivity index (χ0n) is 14.0. The predicted octanol–water partition coefficient (Wildman–Crippen LogP) is -0.122. The number of oxime groups is 1. The highest BCUT2D eigenvalue weighted by Gasteiger charge is 2.33. The van der Waals surface area contributed by atoms with Crippen LogP contribution in [0, 0.1) is 0 Å². The fraction of sp³-hybridized carbons (Fsp3) is 0.333. The van der Waals surface area contributed by atoms with Gasteiger partial charge in [-0.05, 0) is 17.9 Å². The smallest absolute Gasteiger partial charge is 0.478 e. The summed E-state index contributed by atoms with van der Waals surface area (Å²) in [5.74, 6) is -3.87. The van der Waals surface area contributed by atoms with Crippen molar-refractivity contribution in [2.45, 2.75) is 24.9 Å². The summed E-state index contributed by atoms with van der Waals surface area (Å²) in [5, 5.41) is 35.4. The van der Waals surface area contributed by atoms with Gasteiger partial charge in [0, 0.05) is 0 Å². The van der Waals surface area contributed by atoms with Gasteiger partial charge in [-0.15, -0.1) is 11.3 Å². The van der Waals surface area contributed by atoms with Gasteiger partial charge in [-0.3, -0.25) is 9.59 Å². The van der Waals surface area contributed by atoms with Gasteiger partial charge >= 0.3 is 19.1 Å². The number of carboxylic acids is 2. The Morgan fingerprint density at radius 3 is 2.78 bits per heavy atom. The molecular weight excluding hydrogens is 379 g/mol. The molecule has 2 heterocycles. The first-order chi connectivity index (χ1) is 12.9. The molecule has 1 aromatic heterocycles. The van der Waals surface area contributed by atoms with E-state index in [1.807, 2.05) is 0 Å². The quantitative estimate of drug-likeness (QED) is 0.205. The molecule has 1 aromatic rings. The lowest BCUT2D eigenvalue weighted by molar-refractivity contribution is -0.142. The zero-order valence-corrected chi connectivity index (χ0v) is 14.8. The van der Waals surface area contributed by atoms with Crippen molar-refractivity contribution in [3.05, 3.63) is 34.5 Å². The minimum atomic E-state index is -1.43. The standard InChI is InChI=1S/C15H17BN2O8S/c19-12(20)7-9-3-1-5-11(16(24)26-9)17-15(23)14(10-4-2-6-27-10)18-25-8-13(21)22/h1-4,6,9,11,24H,5,7-8H2,(H,17,23)(H,19,20)(H,21,22)/b18-14+/t9-,11+/m1/s1. The fourth-order valence-corrected chi connectivity index (χ4v) is 2.93. The van der Waals surface area contributed by atoms with Crippen molar-refractivity contribution in [2.75, 3.05) is 6.61 Å². The van der Waals surface area contributed by atoms with Gasteiger partial charge < -0.3 is 30.0 Å². The highest BCUT2D eigenvalue weighted by Crippen LogP contribution is 2.14. The lowest BCUT2D eigenvalue weighted by Crippen LogP contribution is -2.50. The third kappa shape index (κ3) is 6.51. The largest absolute Gasteiger partial charge is 0.481 e. The van der Waals surface area contributed by atoms with Crippen molar-refractivity contribution in [3.63, 3.8) is 0 Å². The number of carbonyl (C=O) groups is 3. The molecule has 0 bridgehead atoms. The summed E-state index contributed by atoms with van der Waals surface area (Å²) in [6.45, 7) is -0.711. The molecule has 27 heavy (non-hydrogen) atoms. The summed E-state index contributed by atoms with van der Waals surface area (Å²) in [4.78, 5) is 39.0. The van der Waals surface area contributed by atoms with Crippen LogP contribution < -0.4 is 5.32 Å². The number of hydrogen-bond donors (Lipinski definition) is 4. The summed E-state index contributed by atoms with van der Waals surface area (Å²) < 4.78 is 5.25. The van der Waals surface area contributed by atoms with Crippen molar-refractivity contribution >= 4 is 42.0 Å². The SMILES string of the molecule is O=C(O)CO/N=C(/C(=O)N[C@H]1CC=C[C@H](CC(=O)O)OB1O)c1cccs1. The Balaban J connectivity index is 2.07. The van der Waals surface area contributed by atoms with Crippen LogP contribution in [-0.4, -0.2) is 64.6 Å². The van der Waals surface area contributed by atoms with Crippen LogP contribution in [0.2, 0.25) is 0 Å². The Morgan fingerprint density at radius 1 is 1.37 bits per heavy atom. The van der Waals surface area contributed by atoms with E-state index in [1.165, 1.54) is 17.4 Å². The molecule has 4 N–H and O–H groups in total. The van der Waals surface area contributed by atoms with Gasteiger partial charge in [0.2, 0.25) is 6.61 Å². The minimum Gasteiger partial charge on any atom is -0.481 e. The Morgan fingerprint density at radius 2 is 2.15 bits per heavy atom. The van der Waals surface area contributed by atoms with E-state index in [2.05, 4.69) is 15.3 Å². The van der Waals surface area contributed by atoms with E-state index in [0.29, 0.717) is 4.88 Å². The second kappa shape index (κ2) is 9.85. The van der Waals surface area contributed by atoms with Gasteiger partial charge in [0.05, 0.1) is 23.3 Å². The second-order valence-corrected chi connectivity index (χ2v) is 6.44. The molecule has 0 saturated heterocycles. The van der Waals surface area contributed by atoms with Gasteiger partial charge in [-0.25, -0.2) is 4.79 Å². The summed E-state index contributed by atoms with van der Waals surface area (Å²) in [7, 11) is -1.43. The van der Waals surface area contributed by atoms with E-state index in [-0.39, 0.29) is 18.6 Å². The van der Waals surface area contributed by atoms with Crippen molar-refractivity contribution in [1.29, 1.82) is 0 Å². The Kier molecular flexibility index (Phi) is 7.52. The van der Waals surface area contributed by atoms with Crippen LogP contribution in [0.4, 0.5) is 0 Å². The molecule has 0 unspecified atom stereocenters. The van der Waals surface area contributed by atoms with Crippen LogP contribution in [0.5, 0.6) is 0 Å². The van der Waals surface area contributed by atoms with Crippen LogP contribution in [0.15, 0.2) is 34.8 Å². The average molecular weight is 396 g/mol. The molecule has 0 aliphatic carbocycles. The Hall–Kier alpha value is -2.70. The lowest BCUT2D eigenvalue weighted by atomic mass is 9.77. The first-order valence-electron chi connectivity index (χ1n) is 7.85. The van der Waals surface area contributed by atoms with Gasteiger partial charge in [0.1, 0.15) is 0 Å². The summed E-state index contributed by atoms with van der Waals surface area (Å²) in [5.41, 5.74) is -0.145. The number of rotatable bonds is 8. The molecule has 1 aliphatic rings. The first-order valence-corrected chi connectivity index (χ1v) is 8.73. The zero-order chi connectivity index (χ0) is 19.8. The molecule has 10 nitrogen and oxygen atoms in total. The van der Waals surface area contributed by atoms with E-state index in [9.17, 15) is 19.4 Å². The fourth-order valence-electron chi connectivity index (χ4n) is 2.23. The molecule has 12 heteroatoms. The summed E-state index contributed by atoms with van der Waals surface area (Å²) in [6.07, 6.45) is 2.19. The first kappa shape index (κ1) is 20.6. The molecule has 2 rings (SSSR count). The van der Waals surface area contributed by atoms with E-state index in [4.69, 9.17) is 14.9 Å². The van der Waals surface area contributed by atoms with Crippen molar-refractivity contribution in [1.82, 2.24) is 5.32 Å². The van der Waals surface area contributed by atoms with Crippen LogP contribution >= 0.6 is 11.3 Å². The van der Waals surface area contributed by atoms with Crippen molar-refractivity contribution < 1.29 is 39.1 Å². The molecule has 0 aromatic carbocycles. The van der Waals surface area contributed by atoms with Crippen LogP contribution in [0.1, 0.15) is 17.7 Å². The number of carbonyl (C=O) groups excluding carboxylic acids is 1. The van der Waals surface area contributed by atoms with Gasteiger partial charge in [0.15, 0.2) is 5.71 Å². The third-order valence-electron chi connectivity index (χ3n) is 3.40. The maximum Gasteiger partial charge on any atom is 0.478 e. The maximum atomic E-state index is 12.6. The number of hydrogen-bond acceptors (Lipinski definition) is 8. The molecule has 144 valence electrons. The number of thiophene rings is 1. The number of carboxylic acid groups (broad SMARTS) is 2. The van der Waals surface area contributed by atoms with Crippen LogP contribution in [-0.2, 0) is 23.9 Å². The molecular formula is C15H17BN2O8S. The van der Waals surface area contributed by atoms with E-state index in [0.717, 1.165) is 0 Å². The summed E-state index contributed by atoms with van der Waals surface area (Å²) in [6, 6.07) is 3.29. The molecule has 1 amide bonds. The van der Waals surface area contributed by atoms with E-state index >= 15 is 0 Å². The molecule has 1 aliphatic heterocycles. The number of nitrogens with zero attached hydrogens (tertiary/aromatic N) is 1. The number of aliphatic carboxylic acids is 2. The topological polar surface area (TPSA) is 155 Å². The summed E-state index contributed by atoms with van der Waals surface area (Å²) >= 11 is 1.20.